The van der Waals surface area contributed by atoms with E-state index in [9.17, 15) is 9.59 Å². The zero-order valence-electron chi connectivity index (χ0n) is 13.5. The first-order chi connectivity index (χ1) is 11.1. The molecule has 2 heterocycles. The second-order valence-electron chi connectivity index (χ2n) is 6.25. The molecule has 1 N–H and O–H groups in total. The van der Waals surface area contributed by atoms with E-state index in [-0.39, 0.29) is 18.0 Å². The minimum Gasteiger partial charge on any atom is -0.337 e. The number of hydrogen-bond donors (Lipinski definition) is 1. The average molecular weight is 313 g/mol. The van der Waals surface area contributed by atoms with Crippen LogP contribution in [0, 0.1) is 0 Å². The van der Waals surface area contributed by atoms with E-state index in [4.69, 9.17) is 0 Å². The molecule has 1 aromatic carbocycles. The summed E-state index contributed by atoms with van der Waals surface area (Å²) < 4.78 is 0. The van der Waals surface area contributed by atoms with Crippen LogP contribution in [0.15, 0.2) is 42.0 Å². The molecule has 1 saturated heterocycles. The van der Waals surface area contributed by atoms with E-state index in [1.807, 2.05) is 42.2 Å². The molecule has 1 fully saturated rings. The number of para-hydroxylation sites is 1. The zero-order chi connectivity index (χ0) is 16.2. The third kappa shape index (κ3) is 3.55. The van der Waals surface area contributed by atoms with Crippen molar-refractivity contribution in [3.05, 3.63) is 42.0 Å². The van der Waals surface area contributed by atoms with E-state index >= 15 is 0 Å². The first-order valence-electron chi connectivity index (χ1n) is 8.22. The summed E-state index contributed by atoms with van der Waals surface area (Å²) in [5, 5.41) is 2.89. The lowest BCUT2D eigenvalue weighted by Gasteiger charge is -2.32. The van der Waals surface area contributed by atoms with E-state index in [0.717, 1.165) is 31.5 Å². The maximum atomic E-state index is 12.8. The number of nitrogens with one attached hydrogen (secondary N) is 1. The fourth-order valence-corrected chi connectivity index (χ4v) is 3.29. The van der Waals surface area contributed by atoms with E-state index in [2.05, 4.69) is 11.4 Å². The Morgan fingerprint density at radius 1 is 1.17 bits per heavy atom. The highest BCUT2D eigenvalue weighted by molar-refractivity contribution is 5.94. The van der Waals surface area contributed by atoms with Crippen LogP contribution in [-0.4, -0.2) is 47.4 Å². The van der Waals surface area contributed by atoms with Gasteiger partial charge in [0.05, 0.1) is 0 Å². The fraction of sp³-hybridized carbons (Fsp3) is 0.444. The van der Waals surface area contributed by atoms with Crippen LogP contribution in [0.1, 0.15) is 26.2 Å². The molecule has 2 aliphatic rings. The number of hydrogen-bond acceptors (Lipinski definition) is 2. The Balaban J connectivity index is 1.66. The van der Waals surface area contributed by atoms with Gasteiger partial charge in [-0.2, -0.15) is 0 Å². The molecule has 1 aromatic rings. The molecule has 3 amide bonds. The summed E-state index contributed by atoms with van der Waals surface area (Å²) in [4.78, 5) is 28.9. The summed E-state index contributed by atoms with van der Waals surface area (Å²) in [6, 6.07) is 8.86. The number of urea groups is 1. The Morgan fingerprint density at radius 3 is 2.70 bits per heavy atom. The molecule has 0 saturated carbocycles. The van der Waals surface area contributed by atoms with Gasteiger partial charge in [0.2, 0.25) is 5.91 Å². The van der Waals surface area contributed by atoms with Crippen LogP contribution in [0.2, 0.25) is 0 Å². The number of carbonyl (C=O) groups is 2. The molecule has 5 heteroatoms. The van der Waals surface area contributed by atoms with Gasteiger partial charge in [-0.05, 0) is 38.3 Å². The number of benzene rings is 1. The zero-order valence-corrected chi connectivity index (χ0v) is 13.5. The summed E-state index contributed by atoms with van der Waals surface area (Å²) >= 11 is 0. The number of rotatable bonds is 2. The third-order valence-electron chi connectivity index (χ3n) is 4.47. The summed E-state index contributed by atoms with van der Waals surface area (Å²) in [6.07, 6.45) is 4.71. The van der Waals surface area contributed by atoms with Crippen molar-refractivity contribution < 1.29 is 9.59 Å². The molecular weight excluding hydrogens is 290 g/mol. The lowest BCUT2D eigenvalue weighted by Crippen LogP contribution is -2.50. The SMILES string of the molecule is CC1=CCCN(C(=O)[C@H]2CCCN2C(=O)Nc2ccccc2)C1. The standard InChI is InChI=1S/C18H23N3O2/c1-14-7-5-11-20(13-14)17(22)16-10-6-12-21(16)18(23)19-15-8-3-2-4-9-15/h2-4,7-9,16H,5-6,10-13H2,1H3,(H,19,23)/t16-/m1/s1. The predicted molar refractivity (Wildman–Crippen MR) is 90.1 cm³/mol. The van der Waals surface area contributed by atoms with Gasteiger partial charge in [0, 0.05) is 25.3 Å². The Hall–Kier alpha value is -2.30. The normalized spacial score (nSPS) is 21.1. The van der Waals surface area contributed by atoms with Crippen LogP contribution in [-0.2, 0) is 4.79 Å². The molecule has 3 rings (SSSR count). The Kier molecular flexibility index (Phi) is 4.65. The van der Waals surface area contributed by atoms with Crippen molar-refractivity contribution in [2.45, 2.75) is 32.2 Å². The van der Waals surface area contributed by atoms with Gasteiger partial charge in [0.1, 0.15) is 6.04 Å². The number of anilines is 1. The first-order valence-corrected chi connectivity index (χ1v) is 8.22. The molecule has 0 spiro atoms. The van der Waals surface area contributed by atoms with Gasteiger partial charge in [-0.25, -0.2) is 4.79 Å². The van der Waals surface area contributed by atoms with Crippen molar-refractivity contribution in [3.8, 4) is 0 Å². The monoisotopic (exact) mass is 313 g/mol. The molecule has 0 aromatic heterocycles. The second-order valence-corrected chi connectivity index (χ2v) is 6.25. The summed E-state index contributed by atoms with van der Waals surface area (Å²) in [7, 11) is 0. The van der Waals surface area contributed by atoms with E-state index in [1.54, 1.807) is 4.90 Å². The van der Waals surface area contributed by atoms with Gasteiger partial charge in [0.25, 0.3) is 0 Å². The smallest absolute Gasteiger partial charge is 0.322 e. The first kappa shape index (κ1) is 15.6. The van der Waals surface area contributed by atoms with Crippen molar-refractivity contribution >= 4 is 17.6 Å². The van der Waals surface area contributed by atoms with Gasteiger partial charge in [-0.3, -0.25) is 4.79 Å². The Labute approximate surface area is 137 Å². The van der Waals surface area contributed by atoms with Crippen molar-refractivity contribution in [3.63, 3.8) is 0 Å². The second kappa shape index (κ2) is 6.86. The minimum atomic E-state index is -0.329. The summed E-state index contributed by atoms with van der Waals surface area (Å²) in [5.41, 5.74) is 1.98. The molecule has 122 valence electrons. The van der Waals surface area contributed by atoms with Gasteiger partial charge >= 0.3 is 6.03 Å². The topological polar surface area (TPSA) is 52.7 Å². The predicted octanol–water partition coefficient (Wildman–Crippen LogP) is 2.86. The molecule has 0 bridgehead atoms. The van der Waals surface area contributed by atoms with Crippen LogP contribution in [0.4, 0.5) is 10.5 Å². The van der Waals surface area contributed by atoms with Crippen molar-refractivity contribution in [1.82, 2.24) is 9.80 Å². The number of likely N-dealkylation sites (tertiary alicyclic amines) is 1. The lowest BCUT2D eigenvalue weighted by atomic mass is 10.1. The van der Waals surface area contributed by atoms with Crippen LogP contribution in [0.3, 0.4) is 0 Å². The van der Waals surface area contributed by atoms with Crippen LogP contribution < -0.4 is 5.32 Å². The number of nitrogens with zero attached hydrogens (tertiary/aromatic N) is 2. The highest BCUT2D eigenvalue weighted by Crippen LogP contribution is 2.22. The summed E-state index contributed by atoms with van der Waals surface area (Å²) in [6.45, 7) is 4.12. The van der Waals surface area contributed by atoms with Crippen LogP contribution in [0.25, 0.3) is 0 Å². The van der Waals surface area contributed by atoms with Crippen LogP contribution in [0.5, 0.6) is 0 Å². The van der Waals surface area contributed by atoms with Crippen molar-refractivity contribution in [2.24, 2.45) is 0 Å². The number of amides is 3. The van der Waals surface area contributed by atoms with Crippen molar-refractivity contribution in [1.29, 1.82) is 0 Å². The number of carbonyl (C=O) groups excluding carboxylic acids is 2. The van der Waals surface area contributed by atoms with Crippen LogP contribution >= 0.6 is 0 Å². The Morgan fingerprint density at radius 2 is 1.96 bits per heavy atom. The molecule has 23 heavy (non-hydrogen) atoms. The Bertz CT molecular complexity index is 612. The molecule has 5 nitrogen and oxygen atoms in total. The summed E-state index contributed by atoms with van der Waals surface area (Å²) in [5.74, 6) is 0.0816. The molecule has 1 atom stereocenters. The van der Waals surface area contributed by atoms with Crippen molar-refractivity contribution in [2.75, 3.05) is 25.0 Å². The van der Waals surface area contributed by atoms with Gasteiger partial charge in [0.15, 0.2) is 0 Å². The molecule has 0 radical (unpaired) electrons. The van der Waals surface area contributed by atoms with E-state index < -0.39 is 0 Å². The lowest BCUT2D eigenvalue weighted by molar-refractivity contribution is -0.134. The highest BCUT2D eigenvalue weighted by atomic mass is 16.2. The van der Waals surface area contributed by atoms with Gasteiger partial charge < -0.3 is 15.1 Å². The quantitative estimate of drug-likeness (QED) is 0.854. The van der Waals surface area contributed by atoms with Gasteiger partial charge in [-0.1, -0.05) is 29.8 Å². The van der Waals surface area contributed by atoms with Gasteiger partial charge in [-0.15, -0.1) is 0 Å². The molecule has 2 aliphatic heterocycles. The third-order valence-corrected chi connectivity index (χ3v) is 4.47. The van der Waals surface area contributed by atoms with E-state index in [1.165, 1.54) is 5.57 Å². The molecular formula is C18H23N3O2. The highest BCUT2D eigenvalue weighted by Gasteiger charge is 2.36. The van der Waals surface area contributed by atoms with E-state index in [0.29, 0.717) is 13.1 Å². The fourth-order valence-electron chi connectivity index (χ4n) is 3.29. The minimum absolute atomic E-state index is 0.0816. The maximum absolute atomic E-state index is 12.8. The average Bonchev–Trinajstić information content (AvgIpc) is 3.05. The largest absolute Gasteiger partial charge is 0.337 e. The maximum Gasteiger partial charge on any atom is 0.322 e. The molecule has 0 unspecified atom stereocenters. The molecule has 0 aliphatic carbocycles.